The Balaban J connectivity index is 2.99. The summed E-state index contributed by atoms with van der Waals surface area (Å²) in [5.74, 6) is -2.50. The Bertz CT molecular complexity index is 797. The van der Waals surface area contributed by atoms with E-state index in [9.17, 15) is 24.3 Å². The van der Waals surface area contributed by atoms with Crippen molar-refractivity contribution in [2.75, 3.05) is 0 Å². The SMILES string of the molecule is CCCCCCCCCC(=O)NN(C(=O)CC(C)C)C(Cc1ccccc1)C(=O)NC(C)C(=O)O. The van der Waals surface area contributed by atoms with Crippen LogP contribution in [0.3, 0.4) is 0 Å². The molecule has 0 spiro atoms. The largest absolute Gasteiger partial charge is 0.480 e. The molecule has 0 fully saturated rings. The molecule has 0 aromatic heterocycles. The van der Waals surface area contributed by atoms with Crippen molar-refractivity contribution < 1.29 is 24.3 Å². The molecule has 0 saturated carbocycles. The fraction of sp³-hybridized carbons (Fsp3) is 0.630. The second-order valence-electron chi connectivity index (χ2n) is 9.54. The molecule has 0 aliphatic heterocycles. The number of hydrogen-bond acceptors (Lipinski definition) is 4. The number of rotatable bonds is 16. The zero-order valence-corrected chi connectivity index (χ0v) is 21.7. The van der Waals surface area contributed by atoms with Gasteiger partial charge in [-0.25, -0.2) is 5.01 Å². The summed E-state index contributed by atoms with van der Waals surface area (Å²) in [6, 6.07) is 6.93. The average Bonchev–Trinajstić information content (AvgIpc) is 2.80. The lowest BCUT2D eigenvalue weighted by Gasteiger charge is -2.32. The lowest BCUT2D eigenvalue weighted by atomic mass is 10.0. The number of unbranched alkanes of at least 4 members (excludes halogenated alkanes) is 6. The molecular weight excluding hydrogens is 446 g/mol. The average molecular weight is 490 g/mol. The molecule has 8 heteroatoms. The smallest absolute Gasteiger partial charge is 0.325 e. The van der Waals surface area contributed by atoms with Crippen molar-refractivity contribution in [1.29, 1.82) is 0 Å². The standard InChI is InChI=1S/C27H43N3O5/c1-5-6-7-8-9-10-14-17-24(31)29-30(25(32)18-20(2)3)23(19-22-15-12-11-13-16-22)26(33)28-21(4)27(34)35/h11-13,15-16,20-21,23H,5-10,14,17-19H2,1-4H3,(H,28,33)(H,29,31)(H,34,35). The third kappa shape index (κ3) is 12.4. The third-order valence-electron chi connectivity index (χ3n) is 5.72. The summed E-state index contributed by atoms with van der Waals surface area (Å²) in [6.07, 6.45) is 7.99. The van der Waals surface area contributed by atoms with Gasteiger partial charge in [0.25, 0.3) is 0 Å². The summed E-state index contributed by atoms with van der Waals surface area (Å²) in [5, 5.41) is 12.8. The van der Waals surface area contributed by atoms with Crippen LogP contribution in [0.2, 0.25) is 0 Å². The van der Waals surface area contributed by atoms with E-state index in [4.69, 9.17) is 0 Å². The Morgan fingerprint density at radius 1 is 0.914 bits per heavy atom. The van der Waals surface area contributed by atoms with Crippen LogP contribution in [0.15, 0.2) is 30.3 Å². The van der Waals surface area contributed by atoms with Crippen LogP contribution in [0.1, 0.15) is 91.0 Å². The van der Waals surface area contributed by atoms with E-state index in [1.165, 1.54) is 26.2 Å². The van der Waals surface area contributed by atoms with Gasteiger partial charge in [-0.15, -0.1) is 0 Å². The number of carbonyl (C=O) groups excluding carboxylic acids is 3. The van der Waals surface area contributed by atoms with Crippen LogP contribution in [0.5, 0.6) is 0 Å². The minimum Gasteiger partial charge on any atom is -0.480 e. The molecule has 2 atom stereocenters. The van der Waals surface area contributed by atoms with Crippen LogP contribution < -0.4 is 10.7 Å². The molecule has 0 aliphatic carbocycles. The highest BCUT2D eigenvalue weighted by Gasteiger charge is 2.33. The minimum atomic E-state index is -1.18. The van der Waals surface area contributed by atoms with Gasteiger partial charge >= 0.3 is 5.97 Å². The Kier molecular flexibility index (Phi) is 14.4. The van der Waals surface area contributed by atoms with E-state index in [0.29, 0.717) is 6.42 Å². The Morgan fingerprint density at radius 3 is 2.09 bits per heavy atom. The van der Waals surface area contributed by atoms with Crippen LogP contribution in [-0.2, 0) is 25.6 Å². The maximum atomic E-state index is 13.1. The number of benzene rings is 1. The lowest BCUT2D eigenvalue weighted by molar-refractivity contribution is -0.151. The second-order valence-corrected chi connectivity index (χ2v) is 9.54. The summed E-state index contributed by atoms with van der Waals surface area (Å²) in [5.41, 5.74) is 3.46. The molecule has 1 aromatic carbocycles. The summed E-state index contributed by atoms with van der Waals surface area (Å²) < 4.78 is 0. The number of nitrogens with zero attached hydrogens (tertiary/aromatic N) is 1. The fourth-order valence-electron chi connectivity index (χ4n) is 3.70. The van der Waals surface area contributed by atoms with Crippen LogP contribution in [0.4, 0.5) is 0 Å². The minimum absolute atomic E-state index is 0.0170. The van der Waals surface area contributed by atoms with Gasteiger partial charge in [-0.1, -0.05) is 89.6 Å². The quantitative estimate of drug-likeness (QED) is 0.237. The Labute approximate surface area is 209 Å². The van der Waals surface area contributed by atoms with E-state index in [-0.39, 0.29) is 37.0 Å². The van der Waals surface area contributed by atoms with E-state index in [1.54, 1.807) is 0 Å². The van der Waals surface area contributed by atoms with E-state index in [0.717, 1.165) is 29.8 Å². The molecule has 0 heterocycles. The second kappa shape index (κ2) is 16.7. The van der Waals surface area contributed by atoms with Gasteiger partial charge < -0.3 is 10.4 Å². The van der Waals surface area contributed by atoms with E-state index >= 15 is 0 Å². The Morgan fingerprint density at radius 2 is 1.51 bits per heavy atom. The van der Waals surface area contributed by atoms with Gasteiger partial charge in [0.05, 0.1) is 0 Å². The van der Waals surface area contributed by atoms with Gasteiger partial charge in [0.15, 0.2) is 0 Å². The summed E-state index contributed by atoms with van der Waals surface area (Å²) in [4.78, 5) is 50.3. The van der Waals surface area contributed by atoms with Crippen molar-refractivity contribution >= 4 is 23.7 Å². The van der Waals surface area contributed by atoms with Crippen molar-refractivity contribution in [1.82, 2.24) is 15.8 Å². The van der Waals surface area contributed by atoms with Gasteiger partial charge in [-0.3, -0.25) is 24.6 Å². The van der Waals surface area contributed by atoms with Gasteiger partial charge in [0.1, 0.15) is 12.1 Å². The zero-order valence-electron chi connectivity index (χ0n) is 21.7. The van der Waals surface area contributed by atoms with Crippen LogP contribution in [-0.4, -0.2) is 45.9 Å². The van der Waals surface area contributed by atoms with Crippen molar-refractivity contribution in [3.05, 3.63) is 35.9 Å². The van der Waals surface area contributed by atoms with Crippen LogP contribution >= 0.6 is 0 Å². The maximum absolute atomic E-state index is 13.1. The normalized spacial score (nSPS) is 12.6. The first-order valence-corrected chi connectivity index (χ1v) is 12.8. The van der Waals surface area contributed by atoms with Crippen molar-refractivity contribution in [2.24, 2.45) is 5.92 Å². The van der Waals surface area contributed by atoms with Crippen molar-refractivity contribution in [3.8, 4) is 0 Å². The molecule has 196 valence electrons. The molecule has 0 saturated heterocycles. The number of carboxylic acids is 1. The molecule has 0 aliphatic rings. The number of hydrogen-bond donors (Lipinski definition) is 3. The van der Waals surface area contributed by atoms with E-state index < -0.39 is 24.0 Å². The number of hydrazine groups is 1. The zero-order chi connectivity index (χ0) is 26.2. The fourth-order valence-corrected chi connectivity index (χ4v) is 3.70. The molecular formula is C27H43N3O5. The topological polar surface area (TPSA) is 116 Å². The predicted octanol–water partition coefficient (Wildman–Crippen LogP) is 4.23. The van der Waals surface area contributed by atoms with Gasteiger partial charge in [-0.05, 0) is 24.8 Å². The third-order valence-corrected chi connectivity index (χ3v) is 5.72. The van der Waals surface area contributed by atoms with Gasteiger partial charge in [-0.2, -0.15) is 0 Å². The summed E-state index contributed by atoms with van der Waals surface area (Å²) in [6.45, 7) is 7.30. The highest BCUT2D eigenvalue weighted by Crippen LogP contribution is 2.14. The summed E-state index contributed by atoms with van der Waals surface area (Å²) >= 11 is 0. The van der Waals surface area contributed by atoms with Gasteiger partial charge in [0.2, 0.25) is 17.7 Å². The molecule has 2 unspecified atom stereocenters. The first-order valence-electron chi connectivity index (χ1n) is 12.8. The lowest BCUT2D eigenvalue weighted by Crippen LogP contribution is -2.59. The predicted molar refractivity (Wildman–Crippen MR) is 136 cm³/mol. The van der Waals surface area contributed by atoms with Crippen molar-refractivity contribution in [2.45, 2.75) is 104 Å². The molecule has 3 amide bonds. The van der Waals surface area contributed by atoms with Crippen molar-refractivity contribution in [3.63, 3.8) is 0 Å². The Hall–Kier alpha value is -2.90. The number of nitrogens with one attached hydrogen (secondary N) is 2. The number of carboxylic acid groups (broad SMARTS) is 1. The van der Waals surface area contributed by atoms with E-state index in [2.05, 4.69) is 17.7 Å². The first-order chi connectivity index (χ1) is 16.6. The molecule has 3 N–H and O–H groups in total. The molecule has 1 rings (SSSR count). The molecule has 1 aromatic rings. The summed E-state index contributed by atoms with van der Waals surface area (Å²) in [7, 11) is 0. The van der Waals surface area contributed by atoms with Crippen LogP contribution in [0.25, 0.3) is 0 Å². The van der Waals surface area contributed by atoms with E-state index in [1.807, 2.05) is 44.2 Å². The number of amides is 3. The molecule has 8 nitrogen and oxygen atoms in total. The highest BCUT2D eigenvalue weighted by molar-refractivity contribution is 5.91. The highest BCUT2D eigenvalue weighted by atomic mass is 16.4. The maximum Gasteiger partial charge on any atom is 0.325 e. The monoisotopic (exact) mass is 489 g/mol. The molecule has 0 bridgehead atoms. The molecule has 0 radical (unpaired) electrons. The van der Waals surface area contributed by atoms with Gasteiger partial charge in [0, 0.05) is 19.3 Å². The van der Waals surface area contributed by atoms with Crippen LogP contribution in [0, 0.1) is 5.92 Å². The first kappa shape index (κ1) is 30.1. The number of aliphatic carboxylic acids is 1. The molecule has 35 heavy (non-hydrogen) atoms. The number of carbonyl (C=O) groups is 4.